The van der Waals surface area contributed by atoms with Gasteiger partial charge in [0.25, 0.3) is 5.91 Å². The lowest BCUT2D eigenvalue weighted by atomic mass is 9.93. The molecule has 2 rings (SSSR count). The van der Waals surface area contributed by atoms with E-state index in [-0.39, 0.29) is 10.2 Å². The van der Waals surface area contributed by atoms with Crippen LogP contribution in [0, 0.1) is 12.7 Å². The minimum absolute atomic E-state index is 0.195. The van der Waals surface area contributed by atoms with E-state index >= 15 is 0 Å². The van der Waals surface area contributed by atoms with E-state index in [0.29, 0.717) is 18.2 Å². The third-order valence-electron chi connectivity index (χ3n) is 3.71. The highest BCUT2D eigenvalue weighted by atomic mass is 32.1. The van der Waals surface area contributed by atoms with Crippen molar-refractivity contribution in [1.29, 1.82) is 0 Å². The Bertz CT molecular complexity index is 886. The molecular formula is C17H18F4N2OS. The number of hydrogen-bond donors (Lipinski definition) is 0. The normalized spacial score (nSPS) is 13.4. The molecule has 25 heavy (non-hydrogen) atoms. The molecule has 0 aliphatic carbocycles. The summed E-state index contributed by atoms with van der Waals surface area (Å²) in [6.07, 6.45) is -4.77. The van der Waals surface area contributed by atoms with Crippen LogP contribution in [0.2, 0.25) is 0 Å². The monoisotopic (exact) mass is 374 g/mol. The van der Waals surface area contributed by atoms with Crippen molar-refractivity contribution < 1.29 is 22.4 Å². The van der Waals surface area contributed by atoms with Gasteiger partial charge in [0, 0.05) is 17.6 Å². The van der Waals surface area contributed by atoms with Crippen molar-refractivity contribution in [3.8, 4) is 0 Å². The van der Waals surface area contributed by atoms with Crippen LogP contribution in [0.4, 0.5) is 17.6 Å². The van der Waals surface area contributed by atoms with Gasteiger partial charge >= 0.3 is 6.18 Å². The molecule has 0 spiro atoms. The fourth-order valence-electron chi connectivity index (χ4n) is 2.41. The molecule has 8 heteroatoms. The smallest absolute Gasteiger partial charge is 0.324 e. The van der Waals surface area contributed by atoms with Gasteiger partial charge in [-0.05, 0) is 30.5 Å². The van der Waals surface area contributed by atoms with Gasteiger partial charge in [-0.1, -0.05) is 20.8 Å². The molecule has 0 N–H and O–H groups in total. The lowest BCUT2D eigenvalue weighted by Gasteiger charge is -2.17. The van der Waals surface area contributed by atoms with E-state index in [4.69, 9.17) is 0 Å². The fraction of sp³-hybridized carbons (Fsp3) is 0.412. The molecule has 0 bridgehead atoms. The van der Waals surface area contributed by atoms with Crippen LogP contribution in [0.5, 0.6) is 0 Å². The molecule has 0 unspecified atom stereocenters. The van der Waals surface area contributed by atoms with Gasteiger partial charge in [-0.15, -0.1) is 11.3 Å². The third kappa shape index (κ3) is 4.00. The van der Waals surface area contributed by atoms with Crippen LogP contribution in [-0.2, 0) is 18.6 Å². The van der Waals surface area contributed by atoms with Gasteiger partial charge in [-0.3, -0.25) is 4.79 Å². The molecule has 0 aliphatic rings. The molecule has 136 valence electrons. The van der Waals surface area contributed by atoms with E-state index in [1.54, 1.807) is 11.6 Å². The van der Waals surface area contributed by atoms with E-state index in [9.17, 15) is 22.4 Å². The Morgan fingerprint density at radius 3 is 2.28 bits per heavy atom. The Balaban J connectivity index is 2.62. The van der Waals surface area contributed by atoms with Gasteiger partial charge in [-0.2, -0.15) is 18.2 Å². The van der Waals surface area contributed by atoms with Crippen molar-refractivity contribution in [3.05, 3.63) is 50.5 Å². The van der Waals surface area contributed by atoms with Crippen molar-refractivity contribution in [1.82, 2.24) is 4.57 Å². The summed E-state index contributed by atoms with van der Waals surface area (Å²) in [5, 5.41) is 0. The van der Waals surface area contributed by atoms with Crippen molar-refractivity contribution in [2.24, 2.45) is 12.0 Å². The van der Waals surface area contributed by atoms with Crippen molar-refractivity contribution in [3.63, 3.8) is 0 Å². The Morgan fingerprint density at radius 2 is 1.80 bits per heavy atom. The molecule has 3 nitrogen and oxygen atoms in total. The summed E-state index contributed by atoms with van der Waals surface area (Å²) in [5.74, 6) is -2.04. The van der Waals surface area contributed by atoms with E-state index < -0.39 is 29.0 Å². The second-order valence-corrected chi connectivity index (χ2v) is 7.69. The number of rotatable bonds is 1. The van der Waals surface area contributed by atoms with Crippen molar-refractivity contribution in [2.75, 3.05) is 0 Å². The topological polar surface area (TPSA) is 34.4 Å². The Hall–Kier alpha value is -1.96. The number of amides is 1. The SMILES string of the molecule is Cc1c(C(C)(C)C)sc(=NC(=O)c2cc(F)ccc2C(F)(F)F)n1C. The van der Waals surface area contributed by atoms with Gasteiger partial charge < -0.3 is 4.57 Å². The highest BCUT2D eigenvalue weighted by molar-refractivity contribution is 7.09. The number of nitrogens with zero attached hydrogens (tertiary/aromatic N) is 2. The summed E-state index contributed by atoms with van der Waals surface area (Å²) in [4.78, 5) is 17.4. The maximum Gasteiger partial charge on any atom is 0.417 e. The summed E-state index contributed by atoms with van der Waals surface area (Å²) in [6, 6.07) is 1.80. The summed E-state index contributed by atoms with van der Waals surface area (Å²) in [6.45, 7) is 7.83. The Labute approximate surface area is 146 Å². The molecule has 0 saturated heterocycles. The van der Waals surface area contributed by atoms with Crippen LogP contribution < -0.4 is 4.80 Å². The standard InChI is InChI=1S/C17H18F4N2OS/c1-9-13(16(2,3)4)25-15(23(9)5)22-14(24)11-8-10(18)6-7-12(11)17(19,20)21/h6-8H,1-5H3. The van der Waals surface area contributed by atoms with Crippen LogP contribution in [0.15, 0.2) is 23.2 Å². The summed E-state index contributed by atoms with van der Waals surface area (Å²) in [5.41, 5.74) is -1.32. The first kappa shape index (κ1) is 19.4. The molecule has 0 atom stereocenters. The van der Waals surface area contributed by atoms with Gasteiger partial charge in [0.1, 0.15) is 5.82 Å². The number of hydrogen-bond acceptors (Lipinski definition) is 2. The predicted molar refractivity (Wildman–Crippen MR) is 88.0 cm³/mol. The van der Waals surface area contributed by atoms with E-state index in [1.165, 1.54) is 11.3 Å². The predicted octanol–water partition coefficient (Wildman–Crippen LogP) is 4.59. The quantitative estimate of drug-likeness (QED) is 0.672. The zero-order chi connectivity index (χ0) is 19.2. The molecule has 1 amide bonds. The zero-order valence-electron chi connectivity index (χ0n) is 14.5. The van der Waals surface area contributed by atoms with Crippen LogP contribution in [0.25, 0.3) is 0 Å². The van der Waals surface area contributed by atoms with Crippen LogP contribution in [0.1, 0.15) is 47.3 Å². The van der Waals surface area contributed by atoms with Gasteiger partial charge in [-0.25, -0.2) is 4.39 Å². The average molecular weight is 374 g/mol. The first-order valence-electron chi connectivity index (χ1n) is 7.45. The van der Waals surface area contributed by atoms with E-state index in [0.717, 1.165) is 10.6 Å². The van der Waals surface area contributed by atoms with Crippen LogP contribution in [-0.4, -0.2) is 10.5 Å². The molecule has 0 aliphatic heterocycles. The summed E-state index contributed by atoms with van der Waals surface area (Å²) in [7, 11) is 1.68. The number of alkyl halides is 3. The third-order valence-corrected chi connectivity index (χ3v) is 5.37. The highest BCUT2D eigenvalue weighted by Gasteiger charge is 2.35. The Kier molecular flexibility index (Phi) is 4.96. The van der Waals surface area contributed by atoms with Gasteiger partial charge in [0.05, 0.1) is 11.1 Å². The summed E-state index contributed by atoms with van der Waals surface area (Å²) >= 11 is 1.23. The number of benzene rings is 1. The van der Waals surface area contributed by atoms with Gasteiger partial charge in [0.15, 0.2) is 4.80 Å². The Morgan fingerprint density at radius 1 is 1.20 bits per heavy atom. The summed E-state index contributed by atoms with van der Waals surface area (Å²) < 4.78 is 54.2. The molecule has 1 heterocycles. The number of aromatic nitrogens is 1. The lowest BCUT2D eigenvalue weighted by molar-refractivity contribution is -0.137. The largest absolute Gasteiger partial charge is 0.417 e. The lowest BCUT2D eigenvalue weighted by Crippen LogP contribution is -2.17. The average Bonchev–Trinajstić information content (AvgIpc) is 2.74. The van der Waals surface area contributed by atoms with E-state index in [1.807, 2.05) is 27.7 Å². The van der Waals surface area contributed by atoms with Crippen molar-refractivity contribution in [2.45, 2.75) is 39.3 Å². The van der Waals surface area contributed by atoms with Crippen molar-refractivity contribution >= 4 is 17.2 Å². The minimum atomic E-state index is -4.77. The number of halogens is 4. The number of carbonyl (C=O) groups is 1. The first-order chi connectivity index (χ1) is 11.3. The van der Waals surface area contributed by atoms with Crippen LogP contribution >= 0.6 is 11.3 Å². The molecule has 1 aromatic heterocycles. The molecular weight excluding hydrogens is 356 g/mol. The molecule has 0 saturated carbocycles. The second-order valence-electron chi connectivity index (χ2n) is 6.71. The fourth-order valence-corrected chi connectivity index (χ4v) is 3.59. The first-order valence-corrected chi connectivity index (χ1v) is 8.26. The maximum atomic E-state index is 13.4. The van der Waals surface area contributed by atoms with E-state index in [2.05, 4.69) is 4.99 Å². The maximum absolute atomic E-state index is 13.4. The highest BCUT2D eigenvalue weighted by Crippen LogP contribution is 2.33. The molecule has 0 fully saturated rings. The molecule has 1 aromatic carbocycles. The van der Waals surface area contributed by atoms with Gasteiger partial charge in [0.2, 0.25) is 0 Å². The zero-order valence-corrected chi connectivity index (χ0v) is 15.3. The second kappa shape index (κ2) is 6.40. The van der Waals surface area contributed by atoms with Crippen LogP contribution in [0.3, 0.4) is 0 Å². The minimum Gasteiger partial charge on any atom is -0.324 e. The molecule has 2 aromatic rings. The number of carbonyl (C=O) groups excluding carboxylic acids is 1. The number of thiazole rings is 1. The molecule has 0 radical (unpaired) electrons.